The lowest BCUT2D eigenvalue weighted by molar-refractivity contribution is -0.115. The topological polar surface area (TPSA) is 12.5 Å². The van der Waals surface area contributed by atoms with Crippen molar-refractivity contribution in [2.24, 2.45) is 5.92 Å². The molecule has 0 radical (unpaired) electrons. The fraction of sp³-hybridized carbons (Fsp3) is 0.700. The Bertz CT molecular complexity index is 446. The summed E-state index contributed by atoms with van der Waals surface area (Å²) in [5.74, 6) is 0.616. The first kappa shape index (κ1) is 18.8. The molecule has 0 aromatic heterocycles. The van der Waals surface area contributed by atoms with Gasteiger partial charge >= 0.3 is 0 Å². The van der Waals surface area contributed by atoms with E-state index in [4.69, 9.17) is 4.74 Å². The average molecular weight is 338 g/mol. The van der Waals surface area contributed by atoms with E-state index in [1.807, 2.05) is 0 Å². The third kappa shape index (κ3) is 4.49. The van der Waals surface area contributed by atoms with Crippen molar-refractivity contribution in [3.63, 3.8) is 0 Å². The molecule has 0 spiro atoms. The first-order valence-corrected chi connectivity index (χ1v) is 9.23. The van der Waals surface area contributed by atoms with Crippen LogP contribution < -0.4 is 0 Å². The van der Waals surface area contributed by atoms with Gasteiger partial charge in [0.1, 0.15) is 0 Å². The van der Waals surface area contributed by atoms with Gasteiger partial charge in [-0.3, -0.25) is 0 Å². The molecule has 0 N–H and O–H groups in total. The van der Waals surface area contributed by atoms with Gasteiger partial charge in [-0.05, 0) is 50.3 Å². The van der Waals surface area contributed by atoms with Crippen LogP contribution in [-0.2, 0) is 10.3 Å². The molecule has 2 nitrogen and oxygen atoms in total. The lowest BCUT2D eigenvalue weighted by atomic mass is 9.72. The molecule has 2 unspecified atom stereocenters. The Morgan fingerprint density at radius 3 is 2.48 bits per heavy atom. The monoisotopic (exact) mass is 337 g/mol. The van der Waals surface area contributed by atoms with Crippen molar-refractivity contribution in [2.45, 2.75) is 57.5 Å². The van der Waals surface area contributed by atoms with Gasteiger partial charge in [-0.2, -0.15) is 0 Å². The molecule has 2 aliphatic rings. The third-order valence-electron chi connectivity index (χ3n) is 5.71. The zero-order chi connectivity index (χ0) is 15.3. The van der Waals surface area contributed by atoms with Gasteiger partial charge in [0.2, 0.25) is 0 Å². The summed E-state index contributed by atoms with van der Waals surface area (Å²) in [6.45, 7) is 6.88. The summed E-state index contributed by atoms with van der Waals surface area (Å²) in [4.78, 5) is 2.58. The lowest BCUT2D eigenvalue weighted by Crippen LogP contribution is -2.42. The predicted octanol–water partition coefficient (Wildman–Crippen LogP) is 5.02. The number of rotatable bonds is 5. The van der Waals surface area contributed by atoms with Crippen LogP contribution in [0.5, 0.6) is 0 Å². The highest BCUT2D eigenvalue weighted by Gasteiger charge is 2.40. The van der Waals surface area contributed by atoms with Crippen LogP contribution in [0.2, 0.25) is 0 Å². The van der Waals surface area contributed by atoms with E-state index < -0.39 is 0 Å². The van der Waals surface area contributed by atoms with Gasteiger partial charge in [0.25, 0.3) is 0 Å². The smallest absolute Gasteiger partial charge is 0.0957 e. The number of halogens is 1. The predicted molar refractivity (Wildman–Crippen MR) is 99.2 cm³/mol. The SMILES string of the molecule is CC1CCCCC1(OCCN1CCCCC1)c1ccccc1.Cl. The molecule has 1 aromatic rings. The maximum Gasteiger partial charge on any atom is 0.0957 e. The van der Waals surface area contributed by atoms with Gasteiger partial charge in [-0.15, -0.1) is 12.4 Å². The molecule has 1 saturated carbocycles. The highest BCUT2D eigenvalue weighted by Crippen LogP contribution is 2.44. The van der Waals surface area contributed by atoms with Crippen LogP contribution >= 0.6 is 12.4 Å². The highest BCUT2D eigenvalue weighted by molar-refractivity contribution is 5.85. The standard InChI is InChI=1S/C20H31NO.ClH/c1-18-10-6-7-13-20(18,19-11-4-2-5-12-19)22-17-16-21-14-8-3-9-15-21;/h2,4-5,11-12,18H,3,6-10,13-17H2,1H3;1H. The second kappa shape index (κ2) is 9.05. The van der Waals surface area contributed by atoms with Gasteiger partial charge in [0.05, 0.1) is 12.2 Å². The molecule has 3 rings (SSSR count). The maximum absolute atomic E-state index is 6.63. The molecular weight excluding hydrogens is 306 g/mol. The largest absolute Gasteiger partial charge is 0.369 e. The van der Waals surface area contributed by atoms with Crippen molar-refractivity contribution in [2.75, 3.05) is 26.2 Å². The number of benzene rings is 1. The molecular formula is C20H32ClNO. The van der Waals surface area contributed by atoms with Crippen molar-refractivity contribution in [3.05, 3.63) is 35.9 Å². The Balaban J connectivity index is 0.00000192. The fourth-order valence-electron chi connectivity index (χ4n) is 4.30. The van der Waals surface area contributed by atoms with Crippen LogP contribution in [0.3, 0.4) is 0 Å². The normalized spacial score (nSPS) is 29.0. The van der Waals surface area contributed by atoms with Gasteiger partial charge in [0, 0.05) is 6.54 Å². The summed E-state index contributed by atoms with van der Waals surface area (Å²) >= 11 is 0. The van der Waals surface area contributed by atoms with Crippen molar-refractivity contribution in [1.82, 2.24) is 4.90 Å². The molecule has 2 fully saturated rings. The Hall–Kier alpha value is -0.570. The Kier molecular flexibility index (Phi) is 7.39. The van der Waals surface area contributed by atoms with Crippen LogP contribution in [0, 0.1) is 5.92 Å². The first-order chi connectivity index (χ1) is 10.8. The van der Waals surface area contributed by atoms with E-state index in [2.05, 4.69) is 42.2 Å². The van der Waals surface area contributed by atoms with Gasteiger partial charge in [0.15, 0.2) is 0 Å². The molecule has 2 atom stereocenters. The van der Waals surface area contributed by atoms with Crippen molar-refractivity contribution >= 4 is 12.4 Å². The molecule has 3 heteroatoms. The second-order valence-corrected chi connectivity index (χ2v) is 7.15. The van der Waals surface area contributed by atoms with Gasteiger partial charge in [-0.25, -0.2) is 0 Å². The van der Waals surface area contributed by atoms with E-state index >= 15 is 0 Å². The summed E-state index contributed by atoms with van der Waals surface area (Å²) in [6.07, 6.45) is 9.24. The van der Waals surface area contributed by atoms with Crippen LogP contribution in [0.1, 0.15) is 57.4 Å². The minimum atomic E-state index is -0.0463. The number of ether oxygens (including phenoxy) is 1. The van der Waals surface area contributed by atoms with Crippen LogP contribution in [0.4, 0.5) is 0 Å². The summed E-state index contributed by atoms with van der Waals surface area (Å²) in [7, 11) is 0. The zero-order valence-corrected chi connectivity index (χ0v) is 15.3. The fourth-order valence-corrected chi connectivity index (χ4v) is 4.30. The number of hydrogen-bond acceptors (Lipinski definition) is 2. The van der Waals surface area contributed by atoms with E-state index in [1.165, 1.54) is 63.6 Å². The van der Waals surface area contributed by atoms with Gasteiger partial charge < -0.3 is 9.64 Å². The number of likely N-dealkylation sites (tertiary alicyclic amines) is 1. The second-order valence-electron chi connectivity index (χ2n) is 7.15. The summed E-state index contributed by atoms with van der Waals surface area (Å²) in [5, 5.41) is 0. The Morgan fingerprint density at radius 2 is 1.78 bits per heavy atom. The van der Waals surface area contributed by atoms with Gasteiger partial charge in [-0.1, -0.05) is 56.5 Å². The molecule has 1 aromatic carbocycles. The Labute approximate surface area is 148 Å². The minimum Gasteiger partial charge on any atom is -0.369 e. The Morgan fingerprint density at radius 1 is 1.04 bits per heavy atom. The number of nitrogens with zero attached hydrogens (tertiary/aromatic N) is 1. The molecule has 1 saturated heterocycles. The molecule has 0 bridgehead atoms. The van der Waals surface area contributed by atoms with Crippen LogP contribution in [0.25, 0.3) is 0 Å². The molecule has 1 aliphatic heterocycles. The molecule has 0 amide bonds. The molecule has 23 heavy (non-hydrogen) atoms. The molecule has 1 heterocycles. The van der Waals surface area contributed by atoms with Crippen molar-refractivity contribution in [3.8, 4) is 0 Å². The minimum absolute atomic E-state index is 0. The van der Waals surface area contributed by atoms with E-state index in [1.54, 1.807) is 0 Å². The van der Waals surface area contributed by atoms with Crippen molar-refractivity contribution < 1.29 is 4.74 Å². The van der Waals surface area contributed by atoms with E-state index in [0.717, 1.165) is 13.2 Å². The van der Waals surface area contributed by atoms with Crippen LogP contribution in [-0.4, -0.2) is 31.1 Å². The zero-order valence-electron chi connectivity index (χ0n) is 14.5. The lowest BCUT2D eigenvalue weighted by Gasteiger charge is -2.43. The summed E-state index contributed by atoms with van der Waals surface area (Å²) in [6, 6.07) is 11.0. The molecule has 130 valence electrons. The summed E-state index contributed by atoms with van der Waals surface area (Å²) < 4.78 is 6.63. The summed E-state index contributed by atoms with van der Waals surface area (Å²) in [5.41, 5.74) is 1.34. The number of hydrogen-bond donors (Lipinski definition) is 0. The quantitative estimate of drug-likeness (QED) is 0.748. The van der Waals surface area contributed by atoms with E-state index in [-0.39, 0.29) is 18.0 Å². The van der Waals surface area contributed by atoms with Crippen molar-refractivity contribution in [1.29, 1.82) is 0 Å². The maximum atomic E-state index is 6.63. The highest BCUT2D eigenvalue weighted by atomic mass is 35.5. The average Bonchev–Trinajstić information content (AvgIpc) is 2.58. The van der Waals surface area contributed by atoms with E-state index in [9.17, 15) is 0 Å². The first-order valence-electron chi connectivity index (χ1n) is 9.23. The number of piperidine rings is 1. The van der Waals surface area contributed by atoms with Crippen LogP contribution in [0.15, 0.2) is 30.3 Å². The molecule has 1 aliphatic carbocycles. The van der Waals surface area contributed by atoms with E-state index in [0.29, 0.717) is 5.92 Å². The third-order valence-corrected chi connectivity index (χ3v) is 5.71.